The van der Waals surface area contributed by atoms with Crippen molar-refractivity contribution in [3.05, 3.63) is 85.0 Å². The van der Waals surface area contributed by atoms with E-state index in [2.05, 4.69) is 36.0 Å². The van der Waals surface area contributed by atoms with Crippen LogP contribution in [0.25, 0.3) is 10.9 Å². The highest BCUT2D eigenvalue weighted by atomic mass is 35.5. The second-order valence-corrected chi connectivity index (χ2v) is 8.29. The zero-order chi connectivity index (χ0) is 23.8. The molecule has 14 heteroatoms. The molecule has 0 unspecified atom stereocenters. The Balaban J connectivity index is 1.61. The summed E-state index contributed by atoms with van der Waals surface area (Å²) in [5.74, 6) is 0.198. The number of aromatic amines is 1. The van der Waals surface area contributed by atoms with E-state index in [1.54, 1.807) is 48.1 Å². The van der Waals surface area contributed by atoms with Crippen LogP contribution in [0.3, 0.4) is 0 Å². The Morgan fingerprint density at radius 2 is 1.85 bits per heavy atom. The van der Waals surface area contributed by atoms with Gasteiger partial charge in [-0.25, -0.2) is 14.2 Å². The number of hydrogen-bond acceptors (Lipinski definition) is 8. The Labute approximate surface area is 200 Å². The number of aromatic nitrogens is 9. The van der Waals surface area contributed by atoms with Gasteiger partial charge >= 0.3 is 11.4 Å². The fraction of sp³-hybridized carbons (Fsp3) is 0.150. The van der Waals surface area contributed by atoms with Crippen LogP contribution in [-0.4, -0.2) is 44.5 Å². The van der Waals surface area contributed by atoms with E-state index >= 15 is 0 Å². The minimum absolute atomic E-state index is 0.0273. The van der Waals surface area contributed by atoms with Crippen molar-refractivity contribution in [1.82, 2.24) is 44.5 Å². The predicted octanol–water partition coefficient (Wildman–Crippen LogP) is 1.95. The lowest BCUT2D eigenvalue weighted by molar-refractivity contribution is 0.577. The zero-order valence-corrected chi connectivity index (χ0v) is 19.1. The van der Waals surface area contributed by atoms with Gasteiger partial charge in [-0.3, -0.25) is 9.25 Å². The smallest absolute Gasteiger partial charge is 0.324 e. The van der Waals surface area contributed by atoms with Crippen LogP contribution in [0.5, 0.6) is 0 Å². The minimum Gasteiger partial charge on any atom is -0.324 e. The first-order valence-electron chi connectivity index (χ1n) is 9.96. The number of tetrazole rings is 1. The topological polar surface area (TPSA) is 141 Å². The molecular weight excluding hydrogens is 483 g/mol. The number of aryl methyl sites for hydroxylation is 1. The molecule has 0 atom stereocenters. The lowest BCUT2D eigenvalue weighted by Crippen LogP contribution is -2.43. The summed E-state index contributed by atoms with van der Waals surface area (Å²) < 4.78 is 3.92. The van der Waals surface area contributed by atoms with E-state index in [-0.39, 0.29) is 24.9 Å². The molecule has 3 heterocycles. The minimum atomic E-state index is -0.775. The first kappa shape index (κ1) is 21.8. The summed E-state index contributed by atoms with van der Waals surface area (Å²) >= 11 is 12.4. The number of H-pyrrole nitrogens is 1. The normalized spacial score (nSPS) is 11.3. The van der Waals surface area contributed by atoms with Crippen LogP contribution < -0.4 is 16.7 Å². The lowest BCUT2D eigenvalue weighted by atomic mass is 10.2. The molecule has 12 nitrogen and oxygen atoms in total. The fourth-order valence-electron chi connectivity index (χ4n) is 3.45. The SMILES string of the molecule is Cn1cc2cc(Nc3nc(=O)n(Cc4nn[nH]n4)c(=O)n3Cc3ccc(Cl)cc3)c(Cl)cc2n1. The van der Waals surface area contributed by atoms with Gasteiger partial charge in [0.2, 0.25) is 5.95 Å². The molecule has 2 aromatic carbocycles. The van der Waals surface area contributed by atoms with Gasteiger partial charge in [-0.1, -0.05) is 40.5 Å². The molecule has 0 bridgehead atoms. The van der Waals surface area contributed by atoms with E-state index < -0.39 is 11.4 Å². The van der Waals surface area contributed by atoms with Crippen molar-refractivity contribution in [1.29, 1.82) is 0 Å². The third-order valence-electron chi connectivity index (χ3n) is 5.05. The monoisotopic (exact) mass is 498 g/mol. The van der Waals surface area contributed by atoms with Crippen LogP contribution in [0, 0.1) is 0 Å². The zero-order valence-electron chi connectivity index (χ0n) is 17.6. The quantitative estimate of drug-likeness (QED) is 0.361. The van der Waals surface area contributed by atoms with Crippen LogP contribution in [0.15, 0.2) is 52.2 Å². The number of nitrogens with zero attached hydrogens (tertiary/aromatic N) is 8. The van der Waals surface area contributed by atoms with Crippen molar-refractivity contribution >= 4 is 45.7 Å². The Kier molecular flexibility index (Phi) is 5.59. The van der Waals surface area contributed by atoms with Gasteiger partial charge in [-0.05, 0) is 29.8 Å². The van der Waals surface area contributed by atoms with E-state index in [4.69, 9.17) is 23.2 Å². The predicted molar refractivity (Wildman–Crippen MR) is 126 cm³/mol. The molecule has 0 aliphatic heterocycles. The average molecular weight is 499 g/mol. The molecule has 172 valence electrons. The summed E-state index contributed by atoms with van der Waals surface area (Å²) in [6, 6.07) is 10.5. The van der Waals surface area contributed by atoms with Gasteiger partial charge in [-0.15, -0.1) is 10.2 Å². The Hall–Kier alpha value is -4.03. The van der Waals surface area contributed by atoms with Gasteiger partial charge in [0.25, 0.3) is 0 Å². The van der Waals surface area contributed by atoms with Crippen molar-refractivity contribution in [2.75, 3.05) is 5.32 Å². The molecule has 34 heavy (non-hydrogen) atoms. The molecule has 2 N–H and O–H groups in total. The largest absolute Gasteiger partial charge is 0.355 e. The molecule has 0 aliphatic carbocycles. The second kappa shape index (κ2) is 8.72. The number of hydrogen-bond donors (Lipinski definition) is 2. The van der Waals surface area contributed by atoms with Crippen molar-refractivity contribution in [3.8, 4) is 0 Å². The molecule has 0 spiro atoms. The molecule has 0 saturated heterocycles. The van der Waals surface area contributed by atoms with Gasteiger partial charge in [-0.2, -0.15) is 15.3 Å². The van der Waals surface area contributed by atoms with E-state index in [1.165, 1.54) is 4.57 Å². The highest BCUT2D eigenvalue weighted by molar-refractivity contribution is 6.34. The first-order chi connectivity index (χ1) is 16.4. The van der Waals surface area contributed by atoms with E-state index in [9.17, 15) is 9.59 Å². The van der Waals surface area contributed by atoms with Gasteiger partial charge in [0.1, 0.15) is 0 Å². The third-order valence-corrected chi connectivity index (χ3v) is 5.61. The molecule has 5 aromatic rings. The summed E-state index contributed by atoms with van der Waals surface area (Å²) in [5, 5.41) is 22.5. The summed E-state index contributed by atoms with van der Waals surface area (Å²) in [6.07, 6.45) is 1.83. The molecular formula is C20H16Cl2N10O2. The van der Waals surface area contributed by atoms with E-state index in [0.29, 0.717) is 21.2 Å². The molecule has 0 saturated carbocycles. The van der Waals surface area contributed by atoms with Gasteiger partial charge in [0.15, 0.2) is 5.82 Å². The maximum Gasteiger partial charge on any atom is 0.355 e. The molecule has 3 aromatic heterocycles. The average Bonchev–Trinajstić information content (AvgIpc) is 3.44. The van der Waals surface area contributed by atoms with Gasteiger partial charge < -0.3 is 5.32 Å². The summed E-state index contributed by atoms with van der Waals surface area (Å²) in [5.41, 5.74) is 0.563. The fourth-order valence-corrected chi connectivity index (χ4v) is 3.78. The van der Waals surface area contributed by atoms with Crippen molar-refractivity contribution < 1.29 is 0 Å². The highest BCUT2D eigenvalue weighted by Crippen LogP contribution is 2.29. The molecule has 0 amide bonds. The third kappa shape index (κ3) is 4.28. The number of benzene rings is 2. The Morgan fingerprint density at radius 1 is 1.06 bits per heavy atom. The second-order valence-electron chi connectivity index (χ2n) is 7.45. The number of anilines is 2. The van der Waals surface area contributed by atoms with Crippen LogP contribution in [0.2, 0.25) is 10.0 Å². The number of nitrogens with one attached hydrogen (secondary N) is 2. The molecule has 0 aliphatic rings. The maximum atomic E-state index is 13.4. The lowest BCUT2D eigenvalue weighted by Gasteiger charge is -2.16. The number of fused-ring (bicyclic) bond motifs is 1. The van der Waals surface area contributed by atoms with E-state index in [0.717, 1.165) is 15.5 Å². The Morgan fingerprint density at radius 3 is 2.59 bits per heavy atom. The molecule has 0 radical (unpaired) electrons. The summed E-state index contributed by atoms with van der Waals surface area (Å²) in [4.78, 5) is 30.3. The standard InChI is InChI=1S/C20H16Cl2N10O2/c1-30-9-12-6-16(14(22)7-15(12)27-30)23-18-24-19(33)32(10-17-25-28-29-26-17)20(34)31(18)8-11-2-4-13(21)5-3-11/h2-7,9H,8,10H2,1H3,(H,23,24,33)(H,25,26,28,29). The van der Waals surface area contributed by atoms with Crippen molar-refractivity contribution in [3.63, 3.8) is 0 Å². The highest BCUT2D eigenvalue weighted by Gasteiger charge is 2.17. The molecule has 0 fully saturated rings. The van der Waals surface area contributed by atoms with Gasteiger partial charge in [0.05, 0.1) is 29.3 Å². The number of rotatable bonds is 6. The van der Waals surface area contributed by atoms with Crippen LogP contribution in [0.4, 0.5) is 11.6 Å². The van der Waals surface area contributed by atoms with Crippen molar-refractivity contribution in [2.45, 2.75) is 13.1 Å². The Bertz CT molecular complexity index is 1600. The van der Waals surface area contributed by atoms with E-state index in [1.807, 2.05) is 6.20 Å². The number of halogens is 2. The van der Waals surface area contributed by atoms with Gasteiger partial charge in [0, 0.05) is 23.7 Å². The van der Waals surface area contributed by atoms with Crippen LogP contribution >= 0.6 is 23.2 Å². The van der Waals surface area contributed by atoms with Crippen LogP contribution in [0.1, 0.15) is 11.4 Å². The van der Waals surface area contributed by atoms with Crippen LogP contribution in [-0.2, 0) is 20.1 Å². The summed E-state index contributed by atoms with van der Waals surface area (Å²) in [6.45, 7) is -0.0743. The van der Waals surface area contributed by atoms with Crippen molar-refractivity contribution in [2.24, 2.45) is 7.05 Å². The summed E-state index contributed by atoms with van der Waals surface area (Å²) in [7, 11) is 1.80. The first-order valence-corrected chi connectivity index (χ1v) is 10.7. The maximum absolute atomic E-state index is 13.4. The molecule has 5 rings (SSSR count).